The first-order chi connectivity index (χ1) is 9.57. The number of methoxy groups -OCH3 is 1. The van der Waals surface area contributed by atoms with E-state index in [1.54, 1.807) is 23.7 Å². The summed E-state index contributed by atoms with van der Waals surface area (Å²) in [5.74, 6) is 0.301. The van der Waals surface area contributed by atoms with Crippen LogP contribution in [0.1, 0.15) is 19.0 Å². The minimum Gasteiger partial charge on any atom is -0.384 e. The summed E-state index contributed by atoms with van der Waals surface area (Å²) in [6, 6.07) is 1.71. The number of hydrogen-bond donors (Lipinski definition) is 2. The quantitative estimate of drug-likeness (QED) is 0.780. The van der Waals surface area contributed by atoms with Crippen LogP contribution in [-0.2, 0) is 21.3 Å². The van der Waals surface area contributed by atoms with E-state index in [4.69, 9.17) is 4.74 Å². The number of nitrogens with zero attached hydrogens (tertiary/aromatic N) is 1. The second-order valence-corrected chi connectivity index (χ2v) is 7.05. The smallest absolute Gasteiger partial charge is 0.244 e. The van der Waals surface area contributed by atoms with Crippen molar-refractivity contribution in [2.45, 2.75) is 24.8 Å². The molecule has 1 unspecified atom stereocenters. The topological polar surface area (TPSA) is 74.4 Å². The first-order valence-electron chi connectivity index (χ1n) is 6.95. The van der Waals surface area contributed by atoms with Gasteiger partial charge in [0.05, 0.1) is 11.5 Å². The third kappa shape index (κ3) is 3.41. The third-order valence-electron chi connectivity index (χ3n) is 3.57. The molecule has 0 aliphatic carbocycles. The molecule has 6 nitrogen and oxygen atoms in total. The van der Waals surface area contributed by atoms with E-state index >= 15 is 0 Å². The molecule has 1 aliphatic rings. The molecule has 2 heterocycles. The first kappa shape index (κ1) is 15.5. The van der Waals surface area contributed by atoms with Gasteiger partial charge in [0.15, 0.2) is 0 Å². The van der Waals surface area contributed by atoms with Gasteiger partial charge in [-0.3, -0.25) is 0 Å². The summed E-state index contributed by atoms with van der Waals surface area (Å²) in [5.41, 5.74) is 0.887. The highest BCUT2D eigenvalue weighted by Crippen LogP contribution is 2.24. The Hall–Kier alpha value is -0.890. The van der Waals surface area contributed by atoms with Crippen LogP contribution in [0.2, 0.25) is 0 Å². The van der Waals surface area contributed by atoms with Crippen molar-refractivity contribution in [3.05, 3.63) is 18.0 Å². The second-order valence-electron chi connectivity index (χ2n) is 5.11. The molecule has 2 N–H and O–H groups in total. The molecule has 1 aliphatic heterocycles. The van der Waals surface area contributed by atoms with Gasteiger partial charge in [-0.25, -0.2) is 8.42 Å². The molecule has 114 valence electrons. The summed E-state index contributed by atoms with van der Waals surface area (Å²) < 4.78 is 31.7. The maximum Gasteiger partial charge on any atom is 0.244 e. The lowest BCUT2D eigenvalue weighted by Gasteiger charge is -2.15. The summed E-state index contributed by atoms with van der Waals surface area (Å²) in [6.07, 6.45) is 2.44. The molecule has 2 rings (SSSR count). The summed E-state index contributed by atoms with van der Waals surface area (Å²) in [6.45, 7) is 5.25. The van der Waals surface area contributed by atoms with Gasteiger partial charge in [-0.15, -0.1) is 0 Å². The van der Waals surface area contributed by atoms with E-state index in [9.17, 15) is 8.42 Å². The molecular formula is C13H23N3O3S. The Labute approximate surface area is 120 Å². The zero-order chi connectivity index (χ0) is 14.6. The van der Waals surface area contributed by atoms with Crippen molar-refractivity contribution in [1.29, 1.82) is 0 Å². The molecule has 1 aromatic rings. The molecule has 1 aromatic heterocycles. The van der Waals surface area contributed by atoms with Crippen LogP contribution in [0.4, 0.5) is 0 Å². The third-order valence-corrected chi connectivity index (χ3v) is 5.41. The zero-order valence-electron chi connectivity index (χ0n) is 12.1. The Morgan fingerprint density at radius 2 is 2.35 bits per heavy atom. The molecule has 0 spiro atoms. The molecule has 0 aromatic carbocycles. The largest absolute Gasteiger partial charge is 0.384 e. The van der Waals surface area contributed by atoms with Crippen molar-refractivity contribution >= 4 is 10.0 Å². The maximum atomic E-state index is 12.5. The van der Waals surface area contributed by atoms with E-state index < -0.39 is 10.0 Å². The number of ether oxygens (including phenoxy) is 1. The van der Waals surface area contributed by atoms with E-state index in [0.717, 1.165) is 18.7 Å². The SMILES string of the molecule is CCNCc1cc(S(=O)(=O)N2CCC(COC)C2)c[nH]1. The first-order valence-corrected chi connectivity index (χ1v) is 8.39. The summed E-state index contributed by atoms with van der Waals surface area (Å²) in [7, 11) is -1.73. The maximum absolute atomic E-state index is 12.5. The van der Waals surface area contributed by atoms with Gasteiger partial charge >= 0.3 is 0 Å². The molecule has 1 fully saturated rings. The Morgan fingerprint density at radius 1 is 1.55 bits per heavy atom. The van der Waals surface area contributed by atoms with Gasteiger partial charge in [0.1, 0.15) is 0 Å². The van der Waals surface area contributed by atoms with Crippen molar-refractivity contribution < 1.29 is 13.2 Å². The second kappa shape index (κ2) is 6.71. The van der Waals surface area contributed by atoms with Crippen molar-refractivity contribution in [3.8, 4) is 0 Å². The number of aromatic amines is 1. The molecule has 1 saturated heterocycles. The van der Waals surface area contributed by atoms with Crippen LogP contribution in [0.3, 0.4) is 0 Å². The minimum absolute atomic E-state index is 0.301. The van der Waals surface area contributed by atoms with Crippen LogP contribution < -0.4 is 5.32 Å². The predicted octanol–water partition coefficient (Wildman–Crippen LogP) is 0.781. The highest BCUT2D eigenvalue weighted by Gasteiger charge is 2.32. The van der Waals surface area contributed by atoms with Gasteiger partial charge in [-0.1, -0.05) is 6.92 Å². The van der Waals surface area contributed by atoms with Gasteiger partial charge < -0.3 is 15.0 Å². The van der Waals surface area contributed by atoms with Crippen LogP contribution in [0.5, 0.6) is 0 Å². The van der Waals surface area contributed by atoms with Crippen molar-refractivity contribution in [2.24, 2.45) is 5.92 Å². The van der Waals surface area contributed by atoms with Crippen LogP contribution in [0.25, 0.3) is 0 Å². The lowest BCUT2D eigenvalue weighted by atomic mass is 10.1. The minimum atomic E-state index is -3.38. The summed E-state index contributed by atoms with van der Waals surface area (Å²) >= 11 is 0. The van der Waals surface area contributed by atoms with Gasteiger partial charge in [0, 0.05) is 38.6 Å². The zero-order valence-corrected chi connectivity index (χ0v) is 12.9. The average molecular weight is 301 g/mol. The normalized spacial score (nSPS) is 20.6. The number of sulfonamides is 1. The molecule has 0 amide bonds. The highest BCUT2D eigenvalue weighted by atomic mass is 32.2. The number of rotatable bonds is 7. The van der Waals surface area contributed by atoms with E-state index in [1.165, 1.54) is 0 Å². The highest BCUT2D eigenvalue weighted by molar-refractivity contribution is 7.89. The van der Waals surface area contributed by atoms with Gasteiger partial charge in [0.2, 0.25) is 10.0 Å². The molecule has 0 radical (unpaired) electrons. The van der Waals surface area contributed by atoms with Gasteiger partial charge in [-0.2, -0.15) is 4.31 Å². The average Bonchev–Trinajstić information content (AvgIpc) is 3.06. The molecule has 20 heavy (non-hydrogen) atoms. The molecule has 0 saturated carbocycles. The Balaban J connectivity index is 2.05. The fourth-order valence-electron chi connectivity index (χ4n) is 2.47. The lowest BCUT2D eigenvalue weighted by Crippen LogP contribution is -2.29. The summed E-state index contributed by atoms with van der Waals surface area (Å²) in [4.78, 5) is 3.36. The Bertz CT molecular complexity index is 527. The molecule has 0 bridgehead atoms. The number of H-pyrrole nitrogens is 1. The number of nitrogens with one attached hydrogen (secondary N) is 2. The lowest BCUT2D eigenvalue weighted by molar-refractivity contribution is 0.157. The molecular weight excluding hydrogens is 278 g/mol. The number of hydrogen-bond acceptors (Lipinski definition) is 4. The Morgan fingerprint density at radius 3 is 3.05 bits per heavy atom. The summed E-state index contributed by atoms with van der Waals surface area (Å²) in [5, 5.41) is 3.17. The van der Waals surface area contributed by atoms with Crippen LogP contribution in [0, 0.1) is 5.92 Å². The van der Waals surface area contributed by atoms with Crippen molar-refractivity contribution in [3.63, 3.8) is 0 Å². The van der Waals surface area contributed by atoms with Crippen molar-refractivity contribution in [1.82, 2.24) is 14.6 Å². The monoisotopic (exact) mass is 301 g/mol. The predicted molar refractivity (Wildman–Crippen MR) is 76.9 cm³/mol. The van der Waals surface area contributed by atoms with E-state index in [2.05, 4.69) is 10.3 Å². The van der Waals surface area contributed by atoms with Gasteiger partial charge in [0.25, 0.3) is 0 Å². The van der Waals surface area contributed by atoms with Gasteiger partial charge in [-0.05, 0) is 24.9 Å². The fourth-order valence-corrected chi connectivity index (χ4v) is 4.02. The van der Waals surface area contributed by atoms with E-state index in [1.807, 2.05) is 6.92 Å². The van der Waals surface area contributed by atoms with Crippen LogP contribution >= 0.6 is 0 Å². The molecule has 1 atom stereocenters. The standard InChI is InChI=1S/C13H23N3O3S/c1-3-14-7-12-6-13(8-15-12)20(17,18)16-5-4-11(9-16)10-19-2/h6,8,11,14-15H,3-5,7,9-10H2,1-2H3. The fraction of sp³-hybridized carbons (Fsp3) is 0.692. The molecule has 7 heteroatoms. The van der Waals surface area contributed by atoms with E-state index in [-0.39, 0.29) is 0 Å². The van der Waals surface area contributed by atoms with Crippen LogP contribution in [-0.4, -0.2) is 51.1 Å². The van der Waals surface area contributed by atoms with Crippen LogP contribution in [0.15, 0.2) is 17.2 Å². The number of aromatic nitrogens is 1. The van der Waals surface area contributed by atoms with Crippen molar-refractivity contribution in [2.75, 3.05) is 33.4 Å². The van der Waals surface area contributed by atoms with E-state index in [0.29, 0.717) is 37.1 Å². The Kier molecular flexibility index (Phi) is 5.20.